The predicted molar refractivity (Wildman–Crippen MR) is 130 cm³/mol. The van der Waals surface area contributed by atoms with Crippen molar-refractivity contribution in [1.82, 2.24) is 25.2 Å². The summed E-state index contributed by atoms with van der Waals surface area (Å²) in [6.07, 6.45) is 3.38. The molecule has 0 unspecified atom stereocenters. The highest BCUT2D eigenvalue weighted by atomic mass is 32.2. The molecule has 0 aliphatic carbocycles. The molecule has 2 amide bonds. The van der Waals surface area contributed by atoms with Crippen molar-refractivity contribution in [2.24, 2.45) is 0 Å². The second-order valence-electron chi connectivity index (χ2n) is 7.88. The molecule has 0 spiro atoms. The number of thiazole rings is 1. The minimum Gasteiger partial charge on any atom is -0.497 e. The van der Waals surface area contributed by atoms with Crippen molar-refractivity contribution in [3.63, 3.8) is 0 Å². The van der Waals surface area contributed by atoms with E-state index in [1.54, 1.807) is 7.11 Å². The van der Waals surface area contributed by atoms with Gasteiger partial charge in [-0.05, 0) is 58.1 Å². The highest BCUT2D eigenvalue weighted by molar-refractivity contribution is 8.00. The van der Waals surface area contributed by atoms with Crippen molar-refractivity contribution in [2.75, 3.05) is 38.3 Å². The van der Waals surface area contributed by atoms with Gasteiger partial charge in [0.05, 0.1) is 24.6 Å². The molecule has 1 aliphatic rings. The van der Waals surface area contributed by atoms with Crippen molar-refractivity contribution in [1.29, 1.82) is 0 Å². The summed E-state index contributed by atoms with van der Waals surface area (Å²) in [6.45, 7) is 3.77. The third-order valence-electron chi connectivity index (χ3n) is 5.35. The van der Waals surface area contributed by atoms with E-state index in [0.717, 1.165) is 36.8 Å². The first-order chi connectivity index (χ1) is 15.9. The lowest BCUT2D eigenvalue weighted by atomic mass is 10.1. The molecule has 0 atom stereocenters. The van der Waals surface area contributed by atoms with Gasteiger partial charge in [-0.15, -0.1) is 0 Å². The number of benzene rings is 1. The Kier molecular flexibility index (Phi) is 7.41. The van der Waals surface area contributed by atoms with Crippen LogP contribution in [0.1, 0.15) is 28.3 Å². The smallest absolute Gasteiger partial charge is 0.263 e. The number of nitrogens with one attached hydrogen (secondary N) is 2. The number of carbonyl (C=O) groups is 2. The Hall–Kier alpha value is -2.76. The van der Waals surface area contributed by atoms with Crippen molar-refractivity contribution in [2.45, 2.75) is 30.8 Å². The number of piperidine rings is 1. The first-order valence-corrected chi connectivity index (χ1v) is 12.4. The van der Waals surface area contributed by atoms with Crippen LogP contribution in [0.4, 0.5) is 5.13 Å². The first kappa shape index (κ1) is 23.4. The fourth-order valence-corrected chi connectivity index (χ4v) is 5.15. The lowest BCUT2D eigenvalue weighted by Gasteiger charge is -2.29. The lowest BCUT2D eigenvalue weighted by Crippen LogP contribution is -2.43. The van der Waals surface area contributed by atoms with Gasteiger partial charge in [0.25, 0.3) is 5.91 Å². The number of nitrogens with zero attached hydrogens (tertiary/aromatic N) is 4. The number of hydrogen-bond acceptors (Lipinski definition) is 9. The molecule has 1 saturated heterocycles. The highest BCUT2D eigenvalue weighted by Gasteiger charge is 2.20. The SMILES string of the molecule is COc1ccc2nc(C)nc(SCC(=O)Nc3ncc(C(=O)NC4CCN(C)CC4)s3)c2c1. The number of aryl methyl sites for hydroxylation is 1. The second-order valence-corrected chi connectivity index (χ2v) is 9.87. The van der Waals surface area contributed by atoms with Crippen molar-refractivity contribution < 1.29 is 14.3 Å². The third-order valence-corrected chi connectivity index (χ3v) is 7.25. The fraction of sp³-hybridized carbons (Fsp3) is 0.409. The van der Waals surface area contributed by atoms with Gasteiger partial charge in [-0.2, -0.15) is 0 Å². The van der Waals surface area contributed by atoms with Gasteiger partial charge in [0.15, 0.2) is 5.13 Å². The van der Waals surface area contributed by atoms with Gasteiger partial charge in [-0.25, -0.2) is 15.0 Å². The maximum atomic E-state index is 12.5. The molecule has 2 N–H and O–H groups in total. The molecule has 4 rings (SSSR count). The third kappa shape index (κ3) is 5.98. The van der Waals surface area contributed by atoms with Crippen molar-refractivity contribution in [3.8, 4) is 5.75 Å². The van der Waals surface area contributed by atoms with Gasteiger partial charge >= 0.3 is 0 Å². The van der Waals surface area contributed by atoms with Crippen LogP contribution >= 0.6 is 23.1 Å². The van der Waals surface area contributed by atoms with Gasteiger partial charge in [0, 0.05) is 11.4 Å². The van der Waals surface area contributed by atoms with E-state index in [1.165, 1.54) is 29.3 Å². The lowest BCUT2D eigenvalue weighted by molar-refractivity contribution is -0.113. The molecule has 0 radical (unpaired) electrons. The number of likely N-dealkylation sites (tertiary alicyclic amines) is 1. The molecular weight excluding hydrogens is 460 g/mol. The Morgan fingerprint density at radius 2 is 2.06 bits per heavy atom. The summed E-state index contributed by atoms with van der Waals surface area (Å²) in [5.41, 5.74) is 0.798. The molecule has 2 aromatic heterocycles. The number of aromatic nitrogens is 3. The quantitative estimate of drug-likeness (QED) is 0.388. The van der Waals surface area contributed by atoms with Crippen LogP contribution in [0.5, 0.6) is 5.75 Å². The Morgan fingerprint density at radius 1 is 1.27 bits per heavy atom. The summed E-state index contributed by atoms with van der Waals surface area (Å²) < 4.78 is 5.30. The van der Waals surface area contributed by atoms with E-state index < -0.39 is 0 Å². The molecule has 0 bridgehead atoms. The minimum atomic E-state index is -0.219. The molecule has 11 heteroatoms. The van der Waals surface area contributed by atoms with Crippen LogP contribution < -0.4 is 15.4 Å². The second kappa shape index (κ2) is 10.4. The Labute approximate surface area is 200 Å². The molecule has 9 nitrogen and oxygen atoms in total. The zero-order valence-electron chi connectivity index (χ0n) is 18.8. The Balaban J connectivity index is 1.34. The molecule has 3 heterocycles. The van der Waals surface area contributed by atoms with Crippen LogP contribution in [0.15, 0.2) is 29.4 Å². The van der Waals surface area contributed by atoms with E-state index in [1.807, 2.05) is 25.1 Å². The average Bonchev–Trinajstić information content (AvgIpc) is 3.27. The Bertz CT molecular complexity index is 1160. The van der Waals surface area contributed by atoms with E-state index in [0.29, 0.717) is 26.6 Å². The summed E-state index contributed by atoms with van der Waals surface area (Å²) in [7, 11) is 3.69. The van der Waals surface area contributed by atoms with Crippen LogP contribution in [-0.2, 0) is 4.79 Å². The summed E-state index contributed by atoms with van der Waals surface area (Å²) in [5, 5.41) is 7.79. The molecule has 1 aromatic carbocycles. The monoisotopic (exact) mass is 486 g/mol. The van der Waals surface area contributed by atoms with Gasteiger partial charge in [0.2, 0.25) is 5.91 Å². The van der Waals surface area contributed by atoms with Crippen LogP contribution in [0.3, 0.4) is 0 Å². The van der Waals surface area contributed by atoms with Gasteiger partial charge in [-0.1, -0.05) is 23.1 Å². The predicted octanol–water partition coefficient (Wildman–Crippen LogP) is 2.96. The Morgan fingerprint density at radius 3 is 2.82 bits per heavy atom. The number of thioether (sulfide) groups is 1. The number of hydrogen-bond donors (Lipinski definition) is 2. The summed E-state index contributed by atoms with van der Waals surface area (Å²) in [5.74, 6) is 1.13. The number of carbonyl (C=O) groups excluding carboxylic acids is 2. The molecule has 33 heavy (non-hydrogen) atoms. The van der Waals surface area contributed by atoms with Crippen LogP contribution in [-0.4, -0.2) is 70.7 Å². The number of methoxy groups -OCH3 is 1. The van der Waals surface area contributed by atoms with Gasteiger partial charge < -0.3 is 20.3 Å². The van der Waals surface area contributed by atoms with Gasteiger partial charge in [0.1, 0.15) is 21.5 Å². The van der Waals surface area contributed by atoms with E-state index in [2.05, 4.69) is 37.5 Å². The number of fused-ring (bicyclic) bond motifs is 1. The molecule has 3 aromatic rings. The standard InChI is InChI=1S/C22H26N6O3S2/c1-13-24-17-5-4-15(31-3)10-16(17)21(25-13)32-12-19(29)27-22-23-11-18(33-22)20(30)26-14-6-8-28(2)9-7-14/h4-5,10-11,14H,6-9,12H2,1-3H3,(H,26,30)(H,23,27,29). The number of rotatable bonds is 7. The largest absolute Gasteiger partial charge is 0.497 e. The molecule has 0 saturated carbocycles. The van der Waals surface area contributed by atoms with E-state index in [4.69, 9.17) is 4.74 Å². The van der Waals surface area contributed by atoms with Gasteiger partial charge in [-0.3, -0.25) is 9.59 Å². The maximum absolute atomic E-state index is 12.5. The molecule has 174 valence electrons. The molecule has 1 fully saturated rings. The minimum absolute atomic E-state index is 0.145. The summed E-state index contributed by atoms with van der Waals surface area (Å²) >= 11 is 2.50. The zero-order valence-corrected chi connectivity index (χ0v) is 20.4. The summed E-state index contributed by atoms with van der Waals surface area (Å²) in [6, 6.07) is 5.76. The number of ether oxygens (including phenoxy) is 1. The molecular formula is C22H26N6O3S2. The molecule has 1 aliphatic heterocycles. The number of anilines is 1. The average molecular weight is 487 g/mol. The van der Waals surface area contributed by atoms with Crippen LogP contribution in [0, 0.1) is 6.92 Å². The highest BCUT2D eigenvalue weighted by Crippen LogP contribution is 2.29. The van der Waals surface area contributed by atoms with E-state index in [9.17, 15) is 9.59 Å². The number of amides is 2. The van der Waals surface area contributed by atoms with Crippen molar-refractivity contribution in [3.05, 3.63) is 35.1 Å². The normalized spacial score (nSPS) is 14.9. The summed E-state index contributed by atoms with van der Waals surface area (Å²) in [4.78, 5) is 40.9. The van der Waals surface area contributed by atoms with Crippen molar-refractivity contribution >= 4 is 50.9 Å². The first-order valence-electron chi connectivity index (χ1n) is 10.6. The maximum Gasteiger partial charge on any atom is 0.263 e. The van der Waals surface area contributed by atoms with E-state index >= 15 is 0 Å². The van der Waals surface area contributed by atoms with Crippen LogP contribution in [0.25, 0.3) is 10.9 Å². The zero-order chi connectivity index (χ0) is 23.4. The van der Waals surface area contributed by atoms with E-state index in [-0.39, 0.29) is 23.6 Å². The van der Waals surface area contributed by atoms with Crippen LogP contribution in [0.2, 0.25) is 0 Å². The topological polar surface area (TPSA) is 109 Å². The fourth-order valence-electron chi connectivity index (χ4n) is 3.56.